The zero-order chi connectivity index (χ0) is 16.8. The summed E-state index contributed by atoms with van der Waals surface area (Å²) in [6.45, 7) is 8.13. The van der Waals surface area contributed by atoms with Crippen LogP contribution in [0.3, 0.4) is 0 Å². The molecule has 0 bridgehead atoms. The molecule has 0 amide bonds. The summed E-state index contributed by atoms with van der Waals surface area (Å²) in [4.78, 5) is 0. The van der Waals surface area contributed by atoms with Crippen LogP contribution in [0.1, 0.15) is 38.7 Å². The van der Waals surface area contributed by atoms with Gasteiger partial charge in [-0.15, -0.1) is 0 Å². The van der Waals surface area contributed by atoms with Crippen LogP contribution in [-0.4, -0.2) is 23.4 Å². The molecule has 0 saturated carbocycles. The number of aromatic hydroxyl groups is 1. The number of benzene rings is 1. The molecule has 122 valence electrons. The maximum atomic E-state index is 9.73. The van der Waals surface area contributed by atoms with E-state index in [4.69, 9.17) is 4.65 Å². The van der Waals surface area contributed by atoms with Gasteiger partial charge in [-0.1, -0.05) is 48.9 Å². The van der Waals surface area contributed by atoms with E-state index in [-0.39, 0.29) is 11.9 Å². The SMILES string of the molecule is C=C(C)C1=CCB(O)OC1CC/C(=C/c1ccc(O)cc1)CC. The van der Waals surface area contributed by atoms with Crippen molar-refractivity contribution < 1.29 is 14.8 Å². The molecule has 2 N–H and O–H groups in total. The Hall–Kier alpha value is -1.78. The Balaban J connectivity index is 2.04. The predicted molar refractivity (Wildman–Crippen MR) is 96.2 cm³/mol. The molecular formula is C19H25BO3. The van der Waals surface area contributed by atoms with Crippen LogP contribution in [0, 0.1) is 0 Å². The van der Waals surface area contributed by atoms with Crippen molar-refractivity contribution in [1.29, 1.82) is 0 Å². The summed E-state index contributed by atoms with van der Waals surface area (Å²) in [6.07, 6.45) is 7.32. The van der Waals surface area contributed by atoms with Gasteiger partial charge in [0.25, 0.3) is 0 Å². The van der Waals surface area contributed by atoms with Crippen molar-refractivity contribution in [3.63, 3.8) is 0 Å². The number of hydrogen-bond donors (Lipinski definition) is 2. The zero-order valence-corrected chi connectivity index (χ0v) is 14.0. The van der Waals surface area contributed by atoms with E-state index in [1.165, 1.54) is 5.57 Å². The van der Waals surface area contributed by atoms with Crippen molar-refractivity contribution in [2.45, 2.75) is 45.5 Å². The highest BCUT2D eigenvalue weighted by molar-refractivity contribution is 6.43. The van der Waals surface area contributed by atoms with Gasteiger partial charge >= 0.3 is 7.12 Å². The number of phenols is 1. The van der Waals surface area contributed by atoms with Crippen molar-refractivity contribution in [2.75, 3.05) is 0 Å². The highest BCUT2D eigenvalue weighted by Gasteiger charge is 2.27. The van der Waals surface area contributed by atoms with Gasteiger partial charge in [-0.3, -0.25) is 0 Å². The first-order valence-electron chi connectivity index (χ1n) is 8.17. The minimum atomic E-state index is -0.714. The summed E-state index contributed by atoms with van der Waals surface area (Å²) < 4.78 is 5.69. The van der Waals surface area contributed by atoms with Crippen molar-refractivity contribution in [3.05, 3.63) is 59.2 Å². The Morgan fingerprint density at radius 2 is 2.09 bits per heavy atom. The molecule has 1 atom stereocenters. The standard InChI is InChI=1S/C19H25BO3/c1-4-15(13-16-5-8-17(21)9-6-16)7-10-19-18(14(2)3)11-12-20(22)23-19/h5-6,8-9,11,13,19,21-22H,2,4,7,10,12H2,1,3H3/b15-13+. The molecule has 1 aliphatic rings. The van der Waals surface area contributed by atoms with Gasteiger partial charge in [0.05, 0.1) is 6.10 Å². The van der Waals surface area contributed by atoms with E-state index >= 15 is 0 Å². The van der Waals surface area contributed by atoms with Gasteiger partial charge in [0.2, 0.25) is 0 Å². The summed E-state index contributed by atoms with van der Waals surface area (Å²) in [6, 6.07) is 7.21. The summed E-state index contributed by atoms with van der Waals surface area (Å²) >= 11 is 0. The van der Waals surface area contributed by atoms with Gasteiger partial charge in [0.1, 0.15) is 5.75 Å². The third-order valence-corrected chi connectivity index (χ3v) is 4.15. The van der Waals surface area contributed by atoms with Gasteiger partial charge < -0.3 is 14.8 Å². The van der Waals surface area contributed by atoms with Crippen LogP contribution in [0.5, 0.6) is 5.75 Å². The van der Waals surface area contributed by atoms with Crippen LogP contribution >= 0.6 is 0 Å². The largest absolute Gasteiger partial charge is 0.508 e. The Labute approximate surface area is 139 Å². The van der Waals surface area contributed by atoms with Crippen LogP contribution in [0.25, 0.3) is 6.08 Å². The Morgan fingerprint density at radius 1 is 1.39 bits per heavy atom. The number of phenolic OH excluding ortho intramolecular Hbond substituents is 1. The molecule has 0 aliphatic carbocycles. The second kappa shape index (κ2) is 8.18. The molecule has 1 heterocycles. The lowest BCUT2D eigenvalue weighted by molar-refractivity contribution is 0.183. The molecule has 0 radical (unpaired) electrons. The van der Waals surface area contributed by atoms with Gasteiger partial charge in [-0.2, -0.15) is 0 Å². The lowest BCUT2D eigenvalue weighted by atomic mass is 9.78. The lowest BCUT2D eigenvalue weighted by Gasteiger charge is -2.27. The summed E-state index contributed by atoms with van der Waals surface area (Å²) in [5.41, 5.74) is 4.51. The quantitative estimate of drug-likeness (QED) is 0.768. The fourth-order valence-corrected chi connectivity index (χ4v) is 2.82. The van der Waals surface area contributed by atoms with E-state index in [9.17, 15) is 10.1 Å². The smallest absolute Gasteiger partial charge is 0.458 e. The van der Waals surface area contributed by atoms with E-state index in [1.54, 1.807) is 12.1 Å². The van der Waals surface area contributed by atoms with Crippen LogP contribution in [0.4, 0.5) is 0 Å². The van der Waals surface area contributed by atoms with Gasteiger partial charge in [0.15, 0.2) is 0 Å². The molecule has 23 heavy (non-hydrogen) atoms. The van der Waals surface area contributed by atoms with E-state index < -0.39 is 7.12 Å². The first-order chi connectivity index (χ1) is 11.0. The van der Waals surface area contributed by atoms with E-state index in [1.807, 2.05) is 25.1 Å². The third-order valence-electron chi connectivity index (χ3n) is 4.15. The molecule has 3 nitrogen and oxygen atoms in total. The van der Waals surface area contributed by atoms with Crippen molar-refractivity contribution >= 4 is 13.2 Å². The first-order valence-corrected chi connectivity index (χ1v) is 8.17. The lowest BCUT2D eigenvalue weighted by Crippen LogP contribution is -2.31. The van der Waals surface area contributed by atoms with E-state index in [0.29, 0.717) is 6.32 Å². The molecular weight excluding hydrogens is 287 g/mol. The van der Waals surface area contributed by atoms with Crippen LogP contribution in [0.2, 0.25) is 6.32 Å². The van der Waals surface area contributed by atoms with E-state index in [0.717, 1.165) is 36.0 Å². The van der Waals surface area contributed by atoms with E-state index in [2.05, 4.69) is 19.6 Å². The molecule has 1 aliphatic heterocycles. The molecule has 0 saturated heterocycles. The molecule has 2 rings (SSSR count). The third kappa shape index (κ3) is 5.12. The Morgan fingerprint density at radius 3 is 2.70 bits per heavy atom. The second-order valence-electron chi connectivity index (χ2n) is 6.04. The number of rotatable bonds is 6. The van der Waals surface area contributed by atoms with Crippen molar-refractivity contribution in [3.8, 4) is 5.75 Å². The minimum absolute atomic E-state index is 0.0917. The average Bonchev–Trinajstić information content (AvgIpc) is 2.53. The summed E-state index contributed by atoms with van der Waals surface area (Å²) in [7, 11) is -0.714. The molecule has 1 aromatic rings. The highest BCUT2D eigenvalue weighted by atomic mass is 16.5. The molecule has 4 heteroatoms. The molecule has 0 fully saturated rings. The molecule has 1 unspecified atom stereocenters. The maximum absolute atomic E-state index is 9.73. The topological polar surface area (TPSA) is 49.7 Å². The monoisotopic (exact) mass is 312 g/mol. The summed E-state index contributed by atoms with van der Waals surface area (Å²) in [5, 5.41) is 19.1. The highest BCUT2D eigenvalue weighted by Crippen LogP contribution is 2.28. The fraction of sp³-hybridized carbons (Fsp3) is 0.368. The van der Waals surface area contributed by atoms with Gasteiger partial charge in [-0.05, 0) is 49.5 Å². The first kappa shape index (κ1) is 17.6. The van der Waals surface area contributed by atoms with Crippen LogP contribution in [0.15, 0.2) is 53.6 Å². The fourth-order valence-electron chi connectivity index (χ4n) is 2.82. The average molecular weight is 312 g/mol. The Kier molecular flexibility index (Phi) is 6.25. The molecule has 0 aromatic heterocycles. The van der Waals surface area contributed by atoms with Crippen LogP contribution < -0.4 is 0 Å². The van der Waals surface area contributed by atoms with Crippen molar-refractivity contribution in [1.82, 2.24) is 0 Å². The minimum Gasteiger partial charge on any atom is -0.508 e. The predicted octanol–water partition coefficient (Wildman–Crippen LogP) is 4.35. The molecule has 1 aromatic carbocycles. The van der Waals surface area contributed by atoms with Crippen LogP contribution in [-0.2, 0) is 4.65 Å². The molecule has 0 spiro atoms. The number of allylic oxidation sites excluding steroid dienone is 2. The second-order valence-corrected chi connectivity index (χ2v) is 6.04. The number of hydrogen-bond acceptors (Lipinski definition) is 3. The Bertz CT molecular complexity index is 602. The van der Waals surface area contributed by atoms with Gasteiger partial charge in [0, 0.05) is 6.32 Å². The normalized spacial score (nSPS) is 18.7. The van der Waals surface area contributed by atoms with Gasteiger partial charge in [-0.25, -0.2) is 0 Å². The maximum Gasteiger partial charge on any atom is 0.458 e. The summed E-state index contributed by atoms with van der Waals surface area (Å²) in [5.74, 6) is 0.279. The van der Waals surface area contributed by atoms with Crippen molar-refractivity contribution in [2.24, 2.45) is 0 Å². The zero-order valence-electron chi connectivity index (χ0n) is 14.0.